The number of nitrogens with zero attached hydrogens (tertiary/aromatic N) is 6. The number of aromatic nitrogens is 6. The predicted molar refractivity (Wildman–Crippen MR) is 130 cm³/mol. The van der Waals surface area contributed by atoms with Crippen LogP contribution in [0.1, 0.15) is 54.1 Å². The van der Waals surface area contributed by atoms with Gasteiger partial charge in [0.05, 0.1) is 17.0 Å². The molecule has 0 aliphatic rings. The molecule has 4 rings (SSSR count). The van der Waals surface area contributed by atoms with Gasteiger partial charge in [-0.3, -0.25) is 9.48 Å². The maximum atomic E-state index is 14.4. The maximum Gasteiger partial charge on any atom is 0.164 e. The van der Waals surface area contributed by atoms with E-state index >= 15 is 0 Å². The number of carbonyl (C=O) groups is 1. The molecule has 0 radical (unpaired) electrons. The Morgan fingerprint density at radius 1 is 1.21 bits per heavy atom. The van der Waals surface area contributed by atoms with E-state index in [-0.39, 0.29) is 28.0 Å². The molecule has 3 aromatic heterocycles. The quantitative estimate of drug-likeness (QED) is 0.347. The molecular weight excluding hydrogens is 457 g/mol. The fourth-order valence-corrected chi connectivity index (χ4v) is 4.30. The van der Waals surface area contributed by atoms with Gasteiger partial charge >= 0.3 is 0 Å². The molecule has 1 atom stereocenters. The molecule has 10 heteroatoms. The number of hydrogen-bond acceptors (Lipinski definition) is 6. The van der Waals surface area contributed by atoms with Crippen LogP contribution in [0.3, 0.4) is 0 Å². The molecule has 0 fully saturated rings. The van der Waals surface area contributed by atoms with Crippen molar-refractivity contribution in [1.82, 2.24) is 29.5 Å². The minimum atomic E-state index is -1.48. The molecular formula is C24H25ClFN7O. The van der Waals surface area contributed by atoms with Gasteiger partial charge in [-0.2, -0.15) is 10.2 Å². The van der Waals surface area contributed by atoms with Gasteiger partial charge in [0.15, 0.2) is 22.6 Å². The molecule has 0 bridgehead atoms. The predicted octanol–water partition coefficient (Wildman–Crippen LogP) is 5.56. The van der Waals surface area contributed by atoms with Crippen LogP contribution in [0.2, 0.25) is 5.15 Å². The van der Waals surface area contributed by atoms with E-state index < -0.39 is 6.17 Å². The Bertz CT molecular complexity index is 1360. The minimum absolute atomic E-state index is 0.0468. The molecule has 1 aromatic carbocycles. The average molecular weight is 482 g/mol. The van der Waals surface area contributed by atoms with Crippen LogP contribution in [0, 0.1) is 6.92 Å². The molecule has 3 heterocycles. The highest BCUT2D eigenvalue weighted by molar-refractivity contribution is 6.33. The van der Waals surface area contributed by atoms with E-state index in [1.807, 2.05) is 11.7 Å². The number of alkyl halides is 1. The number of rotatable bonds is 7. The Labute approximate surface area is 201 Å². The standard InChI is InChI=1S/C24H25ClFN7O/c1-6-17-22(16-9-7-13(2)8-10-16)32(5)31-24(17)29-18-11-19(28-12-27-18)33-21(14(3)26)20(15(4)34)23(25)30-33/h7-12,14H,6H2,1-5H3,(H,27,28,29,31). The van der Waals surface area contributed by atoms with Gasteiger partial charge in [-0.15, -0.1) is 0 Å². The summed E-state index contributed by atoms with van der Waals surface area (Å²) in [5.74, 6) is 1.01. The fourth-order valence-electron chi connectivity index (χ4n) is 4.00. The number of carbonyl (C=O) groups excluding carboxylic acids is 1. The van der Waals surface area contributed by atoms with Crippen molar-refractivity contribution in [3.8, 4) is 17.1 Å². The van der Waals surface area contributed by atoms with E-state index in [4.69, 9.17) is 11.6 Å². The second-order valence-electron chi connectivity index (χ2n) is 8.04. The molecule has 1 N–H and O–H groups in total. The number of halogens is 2. The Morgan fingerprint density at radius 2 is 1.91 bits per heavy atom. The summed E-state index contributed by atoms with van der Waals surface area (Å²) in [6.45, 7) is 6.76. The van der Waals surface area contributed by atoms with Crippen molar-refractivity contribution in [2.75, 3.05) is 5.32 Å². The highest BCUT2D eigenvalue weighted by Gasteiger charge is 2.26. The van der Waals surface area contributed by atoms with Crippen LogP contribution < -0.4 is 5.32 Å². The van der Waals surface area contributed by atoms with Crippen molar-refractivity contribution < 1.29 is 9.18 Å². The van der Waals surface area contributed by atoms with Crippen molar-refractivity contribution in [2.45, 2.75) is 40.3 Å². The summed E-state index contributed by atoms with van der Waals surface area (Å²) in [5, 5.41) is 12.0. The Hall–Kier alpha value is -3.59. The van der Waals surface area contributed by atoms with Crippen molar-refractivity contribution in [1.29, 1.82) is 0 Å². The van der Waals surface area contributed by atoms with Crippen molar-refractivity contribution in [3.05, 3.63) is 64.2 Å². The number of Topliss-reactive ketones (excluding diaryl/α,β-unsaturated/α-hetero) is 1. The first-order chi connectivity index (χ1) is 16.2. The summed E-state index contributed by atoms with van der Waals surface area (Å²) in [6.07, 6.45) is 0.602. The number of nitrogens with one attached hydrogen (secondary N) is 1. The number of benzene rings is 1. The van der Waals surface area contributed by atoms with Crippen molar-refractivity contribution in [3.63, 3.8) is 0 Å². The van der Waals surface area contributed by atoms with E-state index in [0.29, 0.717) is 11.6 Å². The number of hydrogen-bond donors (Lipinski definition) is 1. The van der Waals surface area contributed by atoms with Gasteiger partial charge in [-0.1, -0.05) is 48.4 Å². The topological polar surface area (TPSA) is 90.5 Å². The first-order valence-corrected chi connectivity index (χ1v) is 11.2. The van der Waals surface area contributed by atoms with Crippen molar-refractivity contribution in [2.24, 2.45) is 7.05 Å². The normalized spacial score (nSPS) is 12.1. The lowest BCUT2D eigenvalue weighted by Gasteiger charge is -2.10. The van der Waals surface area contributed by atoms with Gasteiger partial charge < -0.3 is 5.32 Å². The fraction of sp³-hybridized carbons (Fsp3) is 0.292. The van der Waals surface area contributed by atoms with Gasteiger partial charge in [0.25, 0.3) is 0 Å². The Kier molecular flexibility index (Phi) is 6.47. The lowest BCUT2D eigenvalue weighted by molar-refractivity contribution is 0.101. The second-order valence-corrected chi connectivity index (χ2v) is 8.40. The highest BCUT2D eigenvalue weighted by atomic mass is 35.5. The molecule has 34 heavy (non-hydrogen) atoms. The molecule has 0 saturated carbocycles. The zero-order chi connectivity index (χ0) is 24.6. The summed E-state index contributed by atoms with van der Waals surface area (Å²) < 4.78 is 17.5. The lowest BCUT2D eigenvalue weighted by atomic mass is 10.0. The average Bonchev–Trinajstić information content (AvgIpc) is 3.31. The van der Waals surface area contributed by atoms with Crippen LogP contribution in [0.5, 0.6) is 0 Å². The van der Waals surface area contributed by atoms with Crippen LogP contribution >= 0.6 is 11.6 Å². The molecule has 4 aromatic rings. The van der Waals surface area contributed by atoms with Crippen LogP contribution in [-0.2, 0) is 13.5 Å². The summed E-state index contributed by atoms with van der Waals surface area (Å²) in [7, 11) is 1.90. The first kappa shape index (κ1) is 23.6. The van der Waals surface area contributed by atoms with E-state index in [2.05, 4.69) is 63.6 Å². The number of ketones is 1. The zero-order valence-corrected chi connectivity index (χ0v) is 20.4. The monoisotopic (exact) mass is 481 g/mol. The van der Waals surface area contributed by atoms with Crippen LogP contribution in [0.4, 0.5) is 16.0 Å². The summed E-state index contributed by atoms with van der Waals surface area (Å²) in [4.78, 5) is 20.5. The largest absolute Gasteiger partial charge is 0.323 e. The van der Waals surface area contributed by atoms with Crippen LogP contribution in [0.25, 0.3) is 17.1 Å². The Morgan fingerprint density at radius 3 is 2.53 bits per heavy atom. The van der Waals surface area contributed by atoms with Gasteiger partial charge in [0.1, 0.15) is 18.3 Å². The van der Waals surface area contributed by atoms with E-state index in [1.165, 1.54) is 30.4 Å². The second kappa shape index (κ2) is 9.34. The van der Waals surface area contributed by atoms with Crippen LogP contribution in [-0.4, -0.2) is 35.3 Å². The molecule has 0 spiro atoms. The van der Waals surface area contributed by atoms with Crippen molar-refractivity contribution >= 4 is 29.0 Å². The third-order valence-electron chi connectivity index (χ3n) is 5.55. The Balaban J connectivity index is 1.74. The number of anilines is 2. The van der Waals surface area contributed by atoms with Gasteiger partial charge in [0, 0.05) is 24.2 Å². The maximum absolute atomic E-state index is 14.4. The molecule has 0 aliphatic carbocycles. The molecule has 0 amide bonds. The summed E-state index contributed by atoms with van der Waals surface area (Å²) in [5.41, 5.74) is 4.40. The van der Waals surface area contributed by atoms with Gasteiger partial charge in [-0.05, 0) is 27.2 Å². The van der Waals surface area contributed by atoms with Crippen LogP contribution in [0.15, 0.2) is 36.7 Å². The zero-order valence-electron chi connectivity index (χ0n) is 19.6. The molecule has 1 unspecified atom stereocenters. The van der Waals surface area contributed by atoms with Gasteiger partial charge in [0.2, 0.25) is 0 Å². The number of aryl methyl sites for hydroxylation is 2. The SMILES string of the molecule is CCc1c(Nc2cc(-n3nc(Cl)c(C(C)=O)c3C(C)F)ncn2)nn(C)c1-c1ccc(C)cc1. The third kappa shape index (κ3) is 4.31. The molecule has 0 saturated heterocycles. The third-order valence-corrected chi connectivity index (χ3v) is 5.81. The van der Waals surface area contributed by atoms with E-state index in [0.717, 1.165) is 23.2 Å². The summed E-state index contributed by atoms with van der Waals surface area (Å²) in [6, 6.07) is 9.90. The molecule has 0 aliphatic heterocycles. The molecule has 176 valence electrons. The first-order valence-electron chi connectivity index (χ1n) is 10.9. The van der Waals surface area contributed by atoms with E-state index in [1.54, 1.807) is 6.07 Å². The lowest BCUT2D eigenvalue weighted by Crippen LogP contribution is -2.09. The molecule has 8 nitrogen and oxygen atoms in total. The van der Waals surface area contributed by atoms with E-state index in [9.17, 15) is 9.18 Å². The minimum Gasteiger partial charge on any atom is -0.323 e. The van der Waals surface area contributed by atoms with Gasteiger partial charge in [-0.25, -0.2) is 19.0 Å². The summed E-state index contributed by atoms with van der Waals surface area (Å²) >= 11 is 6.15. The smallest absolute Gasteiger partial charge is 0.164 e. The highest BCUT2D eigenvalue weighted by Crippen LogP contribution is 2.32.